The van der Waals surface area contributed by atoms with Crippen molar-refractivity contribution in [2.45, 2.75) is 44.7 Å². The molecule has 2 heterocycles. The second kappa shape index (κ2) is 14.6. The molecule has 0 radical (unpaired) electrons. The van der Waals surface area contributed by atoms with Crippen molar-refractivity contribution in [2.24, 2.45) is 0 Å². The van der Waals surface area contributed by atoms with Gasteiger partial charge in [-0.2, -0.15) is 0 Å². The van der Waals surface area contributed by atoms with Gasteiger partial charge in [0, 0.05) is 39.1 Å². The summed E-state index contributed by atoms with van der Waals surface area (Å²) in [7, 11) is 1.99. The summed E-state index contributed by atoms with van der Waals surface area (Å²) < 4.78 is 6.02. The molecule has 0 saturated carbocycles. The van der Waals surface area contributed by atoms with Crippen LogP contribution in [0.15, 0.2) is 54.6 Å². The SMILES string of the molecule is CCCCN1CCOc2ccccc2C(=O)N[C@H](C(=O)N2CCN(C)CC2)CC(=O)N[C@@H](Cc2ccccc2)C1=O. The molecular weight excluding hydrogens is 522 g/mol. The van der Waals surface area contributed by atoms with Crippen molar-refractivity contribution in [3.63, 3.8) is 0 Å². The number of hydrogen-bond donors (Lipinski definition) is 2. The highest BCUT2D eigenvalue weighted by molar-refractivity contribution is 6.01. The molecule has 10 heteroatoms. The second-order valence-corrected chi connectivity index (χ2v) is 10.7. The van der Waals surface area contributed by atoms with Crippen molar-refractivity contribution in [1.82, 2.24) is 25.3 Å². The maximum absolute atomic E-state index is 13.9. The van der Waals surface area contributed by atoms with Crippen molar-refractivity contribution in [3.8, 4) is 5.75 Å². The van der Waals surface area contributed by atoms with Gasteiger partial charge >= 0.3 is 0 Å². The molecule has 2 atom stereocenters. The molecule has 0 spiro atoms. The first-order valence-electron chi connectivity index (χ1n) is 14.5. The third kappa shape index (κ3) is 8.29. The minimum Gasteiger partial charge on any atom is -0.491 e. The summed E-state index contributed by atoms with van der Waals surface area (Å²) in [6.45, 7) is 5.48. The molecule has 2 aliphatic heterocycles. The van der Waals surface area contributed by atoms with Crippen LogP contribution in [-0.4, -0.2) is 103 Å². The molecule has 41 heavy (non-hydrogen) atoms. The third-order valence-electron chi connectivity index (χ3n) is 7.57. The third-order valence-corrected chi connectivity index (χ3v) is 7.57. The Morgan fingerprint density at radius 3 is 2.37 bits per heavy atom. The normalized spacial score (nSPS) is 21.3. The molecule has 4 rings (SSSR count). The first kappa shape index (κ1) is 30.0. The molecular formula is C31H41N5O5. The van der Waals surface area contributed by atoms with Crippen molar-refractivity contribution < 1.29 is 23.9 Å². The molecule has 2 aliphatic rings. The predicted molar refractivity (Wildman–Crippen MR) is 155 cm³/mol. The van der Waals surface area contributed by atoms with E-state index in [1.807, 2.05) is 37.4 Å². The van der Waals surface area contributed by atoms with Gasteiger partial charge < -0.3 is 30.1 Å². The number of rotatable bonds is 6. The number of carbonyl (C=O) groups excluding carboxylic acids is 4. The van der Waals surface area contributed by atoms with Gasteiger partial charge in [0.2, 0.25) is 17.7 Å². The highest BCUT2D eigenvalue weighted by Gasteiger charge is 2.33. The van der Waals surface area contributed by atoms with E-state index in [2.05, 4.69) is 22.5 Å². The van der Waals surface area contributed by atoms with Crippen LogP contribution in [0.1, 0.15) is 42.1 Å². The molecule has 0 bridgehead atoms. The number of nitrogens with one attached hydrogen (secondary N) is 2. The standard InChI is InChI=1S/C31H41N5O5/c1-3-4-14-35-19-20-41-27-13-9-8-12-24(27)29(38)33-26(31(40)36-17-15-34(2)16-18-36)22-28(37)32-25(30(35)39)21-23-10-6-5-7-11-23/h5-13,25-26H,3-4,14-22H2,1-2H3,(H,32,37)(H,33,38)/t25-,26-/m0/s1. The van der Waals surface area contributed by atoms with Crippen molar-refractivity contribution in [1.29, 1.82) is 0 Å². The number of nitrogens with zero attached hydrogens (tertiary/aromatic N) is 3. The lowest BCUT2D eigenvalue weighted by atomic mass is 10.0. The van der Waals surface area contributed by atoms with Crippen LogP contribution in [0.5, 0.6) is 5.75 Å². The fraction of sp³-hybridized carbons (Fsp3) is 0.484. The van der Waals surface area contributed by atoms with E-state index in [1.165, 1.54) is 0 Å². The fourth-order valence-corrected chi connectivity index (χ4v) is 5.12. The van der Waals surface area contributed by atoms with E-state index in [0.29, 0.717) is 51.4 Å². The average molecular weight is 564 g/mol. The first-order chi connectivity index (χ1) is 19.9. The van der Waals surface area contributed by atoms with E-state index in [4.69, 9.17) is 4.74 Å². The first-order valence-corrected chi connectivity index (χ1v) is 14.5. The van der Waals surface area contributed by atoms with Gasteiger partial charge in [-0.15, -0.1) is 0 Å². The zero-order chi connectivity index (χ0) is 29.2. The zero-order valence-electron chi connectivity index (χ0n) is 24.0. The largest absolute Gasteiger partial charge is 0.491 e. The summed E-state index contributed by atoms with van der Waals surface area (Å²) >= 11 is 0. The van der Waals surface area contributed by atoms with E-state index in [-0.39, 0.29) is 30.4 Å². The predicted octanol–water partition coefficient (Wildman–Crippen LogP) is 1.70. The smallest absolute Gasteiger partial charge is 0.255 e. The number of unbranched alkanes of at least 4 members (excludes halogenated alkanes) is 1. The highest BCUT2D eigenvalue weighted by atomic mass is 16.5. The molecule has 220 valence electrons. The van der Waals surface area contributed by atoms with E-state index in [0.717, 1.165) is 18.4 Å². The molecule has 1 fully saturated rings. The summed E-state index contributed by atoms with van der Waals surface area (Å²) in [4.78, 5) is 59.9. The highest BCUT2D eigenvalue weighted by Crippen LogP contribution is 2.19. The minimum atomic E-state index is -1.09. The number of piperazine rings is 1. The van der Waals surface area contributed by atoms with Crippen molar-refractivity contribution in [2.75, 3.05) is 52.9 Å². The van der Waals surface area contributed by atoms with Gasteiger partial charge in [-0.25, -0.2) is 0 Å². The second-order valence-electron chi connectivity index (χ2n) is 10.7. The van der Waals surface area contributed by atoms with Crippen LogP contribution >= 0.6 is 0 Å². The number of carbonyl (C=O) groups is 4. The van der Waals surface area contributed by atoms with Gasteiger partial charge in [-0.3, -0.25) is 19.2 Å². The van der Waals surface area contributed by atoms with E-state index in [1.54, 1.807) is 34.1 Å². The van der Waals surface area contributed by atoms with Gasteiger partial charge in [-0.05, 0) is 31.2 Å². The van der Waals surface area contributed by atoms with Gasteiger partial charge in [0.25, 0.3) is 5.91 Å². The molecule has 10 nitrogen and oxygen atoms in total. The van der Waals surface area contributed by atoms with Gasteiger partial charge in [0.05, 0.1) is 18.5 Å². The quantitative estimate of drug-likeness (QED) is 0.554. The summed E-state index contributed by atoms with van der Waals surface area (Å²) in [5, 5.41) is 5.70. The maximum Gasteiger partial charge on any atom is 0.255 e. The lowest BCUT2D eigenvalue weighted by Crippen LogP contribution is -2.56. The molecule has 0 aromatic heterocycles. The maximum atomic E-state index is 13.9. The van der Waals surface area contributed by atoms with E-state index in [9.17, 15) is 19.2 Å². The Labute approximate surface area is 242 Å². The lowest BCUT2D eigenvalue weighted by molar-refractivity contribution is -0.139. The van der Waals surface area contributed by atoms with Crippen LogP contribution in [0.3, 0.4) is 0 Å². The average Bonchev–Trinajstić information content (AvgIpc) is 2.98. The molecule has 2 N–H and O–H groups in total. The van der Waals surface area contributed by atoms with E-state index >= 15 is 0 Å². The minimum absolute atomic E-state index is 0.176. The van der Waals surface area contributed by atoms with Gasteiger partial charge in [0.1, 0.15) is 24.4 Å². The number of fused-ring (bicyclic) bond motifs is 1. The molecule has 0 unspecified atom stereocenters. The Bertz CT molecular complexity index is 1200. The topological polar surface area (TPSA) is 111 Å². The summed E-state index contributed by atoms with van der Waals surface area (Å²) in [6.07, 6.45) is 1.73. The molecule has 2 aromatic rings. The molecule has 0 aliphatic carbocycles. The van der Waals surface area contributed by atoms with Gasteiger partial charge in [-0.1, -0.05) is 55.8 Å². The van der Waals surface area contributed by atoms with Crippen LogP contribution < -0.4 is 15.4 Å². The Morgan fingerprint density at radius 1 is 0.927 bits per heavy atom. The number of para-hydroxylation sites is 1. The zero-order valence-corrected chi connectivity index (χ0v) is 24.0. The number of benzene rings is 2. The summed E-state index contributed by atoms with van der Waals surface area (Å²) in [5.41, 5.74) is 1.18. The monoisotopic (exact) mass is 563 g/mol. The van der Waals surface area contributed by atoms with Crippen LogP contribution in [0.25, 0.3) is 0 Å². The Morgan fingerprint density at radius 2 is 1.63 bits per heavy atom. The van der Waals surface area contributed by atoms with Crippen molar-refractivity contribution in [3.05, 3.63) is 65.7 Å². The number of amides is 4. The Kier molecular flexibility index (Phi) is 10.7. The summed E-state index contributed by atoms with van der Waals surface area (Å²) in [5.74, 6) is -1.11. The van der Waals surface area contributed by atoms with Gasteiger partial charge in [0.15, 0.2) is 0 Å². The van der Waals surface area contributed by atoms with E-state index < -0.39 is 23.9 Å². The van der Waals surface area contributed by atoms with Crippen LogP contribution in [-0.2, 0) is 20.8 Å². The molecule has 1 saturated heterocycles. The number of ether oxygens (including phenoxy) is 1. The molecule has 2 aromatic carbocycles. The molecule has 4 amide bonds. The van der Waals surface area contributed by atoms with Crippen LogP contribution in [0.4, 0.5) is 0 Å². The lowest BCUT2D eigenvalue weighted by Gasteiger charge is -2.35. The van der Waals surface area contributed by atoms with Crippen LogP contribution in [0.2, 0.25) is 0 Å². The summed E-state index contributed by atoms with van der Waals surface area (Å²) in [6, 6.07) is 14.4. The number of likely N-dealkylation sites (N-methyl/N-ethyl adjacent to an activating group) is 1. The fourth-order valence-electron chi connectivity index (χ4n) is 5.12. The Hall–Kier alpha value is -3.92. The Balaban J connectivity index is 1.65. The van der Waals surface area contributed by atoms with Crippen molar-refractivity contribution >= 4 is 23.6 Å². The number of hydrogen-bond acceptors (Lipinski definition) is 6. The van der Waals surface area contributed by atoms with Crippen LogP contribution in [0, 0.1) is 0 Å².